The summed E-state index contributed by atoms with van der Waals surface area (Å²) in [6.45, 7) is 7.78. The Morgan fingerprint density at radius 1 is 1.45 bits per heavy atom. The Labute approximate surface area is 133 Å². The lowest BCUT2D eigenvalue weighted by atomic mass is 9.89. The number of nitrogens with two attached hydrogens (primary N) is 1. The number of aliphatic hydroxyl groups is 1. The summed E-state index contributed by atoms with van der Waals surface area (Å²) >= 11 is 0. The number of carboxylic acid groups (broad SMARTS) is 1. The molecule has 1 aliphatic rings. The smallest absolute Gasteiger partial charge is 0.328 e. The lowest BCUT2D eigenvalue weighted by Crippen LogP contribution is -2.31. The van der Waals surface area contributed by atoms with Gasteiger partial charge >= 0.3 is 5.97 Å². The highest BCUT2D eigenvalue weighted by molar-refractivity contribution is 6.01. The highest BCUT2D eigenvalue weighted by atomic mass is 16.5. The summed E-state index contributed by atoms with van der Waals surface area (Å²) in [5, 5.41) is 18.6. The van der Waals surface area contributed by atoms with Gasteiger partial charge in [-0.05, 0) is 24.7 Å². The molecule has 3 unspecified atom stereocenters. The normalized spacial score (nSPS) is 22.6. The van der Waals surface area contributed by atoms with Crippen molar-refractivity contribution < 1.29 is 19.7 Å². The molecule has 0 saturated heterocycles. The van der Waals surface area contributed by atoms with Gasteiger partial charge in [-0.1, -0.05) is 34.1 Å². The third-order valence-corrected chi connectivity index (χ3v) is 3.74. The molecule has 6 nitrogen and oxygen atoms in total. The molecule has 0 amide bonds. The second-order valence-corrected chi connectivity index (χ2v) is 5.26. The zero-order valence-electron chi connectivity index (χ0n) is 14.3. The average Bonchev–Trinajstić information content (AvgIpc) is 2.52. The van der Waals surface area contributed by atoms with E-state index in [4.69, 9.17) is 10.5 Å². The average molecular weight is 314 g/mol. The van der Waals surface area contributed by atoms with Gasteiger partial charge in [0.25, 0.3) is 0 Å². The number of ether oxygens (including phenoxy) is 1. The molecule has 1 aliphatic carbocycles. The number of carbonyl (C=O) groups is 1. The van der Waals surface area contributed by atoms with Gasteiger partial charge in [-0.3, -0.25) is 4.99 Å². The molecule has 0 radical (unpaired) electrons. The maximum absolute atomic E-state index is 11.4. The monoisotopic (exact) mass is 314 g/mol. The van der Waals surface area contributed by atoms with Gasteiger partial charge in [-0.2, -0.15) is 0 Å². The molecule has 128 valence electrons. The number of aliphatic imine (C=N–C) groups is 1. The van der Waals surface area contributed by atoms with E-state index in [9.17, 15) is 15.0 Å². The molecule has 0 aromatic rings. The maximum atomic E-state index is 11.4. The van der Waals surface area contributed by atoms with E-state index in [-0.39, 0.29) is 18.4 Å². The van der Waals surface area contributed by atoms with Gasteiger partial charge in [0.05, 0.1) is 18.5 Å². The summed E-state index contributed by atoms with van der Waals surface area (Å²) in [6.07, 6.45) is 1.75. The van der Waals surface area contributed by atoms with Crippen molar-refractivity contribution in [1.82, 2.24) is 0 Å². The molecule has 3 atom stereocenters. The Bertz CT molecular complexity index is 418. The summed E-state index contributed by atoms with van der Waals surface area (Å²) in [6, 6.07) is -0.814. The lowest BCUT2D eigenvalue weighted by Gasteiger charge is -2.26. The first kappa shape index (κ1) is 20.4. The maximum Gasteiger partial charge on any atom is 0.328 e. The number of hydrogen-bond acceptors (Lipinski definition) is 5. The number of methoxy groups -OCH3 is 1. The molecular formula is C16H30N2O4. The molecule has 0 aliphatic heterocycles. The number of hydrogen-bond donors (Lipinski definition) is 3. The van der Waals surface area contributed by atoms with E-state index in [2.05, 4.69) is 4.99 Å². The van der Waals surface area contributed by atoms with E-state index in [0.29, 0.717) is 30.0 Å². The fourth-order valence-corrected chi connectivity index (χ4v) is 2.33. The van der Waals surface area contributed by atoms with Crippen LogP contribution in [-0.2, 0) is 9.53 Å². The van der Waals surface area contributed by atoms with Crippen LogP contribution in [-0.4, -0.2) is 41.7 Å². The largest absolute Gasteiger partial charge is 0.493 e. The van der Waals surface area contributed by atoms with Crippen LogP contribution in [0.5, 0.6) is 0 Å². The van der Waals surface area contributed by atoms with E-state index in [1.165, 1.54) is 7.11 Å². The van der Waals surface area contributed by atoms with E-state index in [1.807, 2.05) is 27.7 Å². The van der Waals surface area contributed by atoms with Crippen LogP contribution in [0.25, 0.3) is 0 Å². The predicted octanol–water partition coefficient (Wildman–Crippen LogP) is 2.17. The second kappa shape index (κ2) is 10.2. The van der Waals surface area contributed by atoms with Crippen LogP contribution in [0.4, 0.5) is 0 Å². The minimum Gasteiger partial charge on any atom is -0.493 e. The molecule has 0 saturated carbocycles. The molecular weight excluding hydrogens is 284 g/mol. The predicted molar refractivity (Wildman–Crippen MR) is 87.7 cm³/mol. The van der Waals surface area contributed by atoms with Crippen molar-refractivity contribution in [1.29, 1.82) is 0 Å². The first-order valence-corrected chi connectivity index (χ1v) is 7.87. The van der Waals surface area contributed by atoms with Crippen LogP contribution in [0.1, 0.15) is 47.0 Å². The minimum atomic E-state index is -0.952. The van der Waals surface area contributed by atoms with Gasteiger partial charge in [0, 0.05) is 6.61 Å². The van der Waals surface area contributed by atoms with Crippen LogP contribution in [0.3, 0.4) is 0 Å². The van der Waals surface area contributed by atoms with Gasteiger partial charge in [-0.25, -0.2) is 4.79 Å². The Kier molecular flexibility index (Phi) is 9.49. The fourth-order valence-electron chi connectivity index (χ4n) is 2.33. The molecule has 0 spiro atoms. The second-order valence-electron chi connectivity index (χ2n) is 5.26. The van der Waals surface area contributed by atoms with Gasteiger partial charge < -0.3 is 20.7 Å². The van der Waals surface area contributed by atoms with Gasteiger partial charge in [0.15, 0.2) is 5.76 Å². The molecule has 0 heterocycles. The van der Waals surface area contributed by atoms with E-state index in [0.717, 1.165) is 6.42 Å². The molecule has 6 heteroatoms. The van der Waals surface area contributed by atoms with Gasteiger partial charge in [0.1, 0.15) is 6.04 Å². The van der Waals surface area contributed by atoms with E-state index >= 15 is 0 Å². The summed E-state index contributed by atoms with van der Waals surface area (Å²) < 4.78 is 5.25. The van der Waals surface area contributed by atoms with E-state index < -0.39 is 12.0 Å². The first-order chi connectivity index (χ1) is 10.4. The standard InChI is InChI=1S/C14H24N2O4.C2H6/c1-4-8(2)12(14(18)19)16-11-6-9(7-17)5-10(15)13(11)20-3;1-2/h8-9,12,17H,4-7,15H2,1-3H3,(H,18,19);1-2H3. The molecule has 1 rings (SSSR count). The number of nitrogens with zero attached hydrogens (tertiary/aromatic N) is 1. The third kappa shape index (κ3) is 5.33. The quantitative estimate of drug-likeness (QED) is 0.697. The molecule has 22 heavy (non-hydrogen) atoms. The Balaban J connectivity index is 0.00000211. The summed E-state index contributed by atoms with van der Waals surface area (Å²) in [7, 11) is 1.50. The first-order valence-electron chi connectivity index (χ1n) is 7.87. The zero-order chi connectivity index (χ0) is 17.3. The van der Waals surface area contributed by atoms with Gasteiger partial charge in [0.2, 0.25) is 0 Å². The highest BCUT2D eigenvalue weighted by Crippen LogP contribution is 2.26. The van der Waals surface area contributed by atoms with Crippen molar-refractivity contribution in [2.75, 3.05) is 13.7 Å². The number of aliphatic carboxylic acids is 1. The van der Waals surface area contributed by atoms with Crippen molar-refractivity contribution >= 4 is 11.7 Å². The summed E-state index contributed by atoms with van der Waals surface area (Å²) in [5.74, 6) is -0.593. The minimum absolute atomic E-state index is 0.00220. The van der Waals surface area contributed by atoms with Crippen LogP contribution in [0.2, 0.25) is 0 Å². The SMILES string of the molecule is CC.CCC(C)C(N=C1CC(CO)CC(N)=C1OC)C(=O)O. The van der Waals surface area contributed by atoms with Crippen molar-refractivity contribution in [2.24, 2.45) is 22.6 Å². The summed E-state index contributed by atoms with van der Waals surface area (Å²) in [5.41, 5.74) is 6.98. The fraction of sp³-hybridized carbons (Fsp3) is 0.750. The number of carboxylic acids is 1. The molecule has 0 fully saturated rings. The Morgan fingerprint density at radius 2 is 2.05 bits per heavy atom. The Morgan fingerprint density at radius 3 is 2.45 bits per heavy atom. The number of rotatable bonds is 6. The molecule has 4 N–H and O–H groups in total. The summed E-state index contributed by atoms with van der Waals surface area (Å²) in [4.78, 5) is 15.7. The third-order valence-electron chi connectivity index (χ3n) is 3.74. The highest BCUT2D eigenvalue weighted by Gasteiger charge is 2.29. The van der Waals surface area contributed by atoms with Crippen LogP contribution < -0.4 is 5.73 Å². The van der Waals surface area contributed by atoms with Crippen LogP contribution >= 0.6 is 0 Å². The van der Waals surface area contributed by atoms with Crippen molar-refractivity contribution in [3.63, 3.8) is 0 Å². The van der Waals surface area contributed by atoms with Crippen molar-refractivity contribution in [3.8, 4) is 0 Å². The molecule has 0 aromatic carbocycles. The molecule has 0 bridgehead atoms. The topological polar surface area (TPSA) is 105 Å². The lowest BCUT2D eigenvalue weighted by molar-refractivity contribution is -0.139. The molecule has 0 aromatic heterocycles. The number of allylic oxidation sites excluding steroid dienone is 2. The van der Waals surface area contributed by atoms with Crippen molar-refractivity contribution in [2.45, 2.75) is 53.0 Å². The van der Waals surface area contributed by atoms with Gasteiger partial charge in [-0.15, -0.1) is 0 Å². The van der Waals surface area contributed by atoms with Crippen LogP contribution in [0, 0.1) is 11.8 Å². The zero-order valence-corrected chi connectivity index (χ0v) is 14.3. The Hall–Kier alpha value is -1.56. The van der Waals surface area contributed by atoms with Crippen LogP contribution in [0.15, 0.2) is 16.4 Å². The number of aliphatic hydroxyl groups excluding tert-OH is 1. The van der Waals surface area contributed by atoms with E-state index in [1.54, 1.807) is 0 Å². The van der Waals surface area contributed by atoms with Crippen molar-refractivity contribution in [3.05, 3.63) is 11.5 Å².